The third-order valence-electron chi connectivity index (χ3n) is 5.35. The molecule has 0 saturated heterocycles. The molecule has 0 aliphatic heterocycles. The number of non-ortho nitro benzene ring substituents is 1. The van der Waals surface area contributed by atoms with Crippen molar-refractivity contribution in [2.24, 2.45) is 11.0 Å². The van der Waals surface area contributed by atoms with E-state index < -0.39 is 4.92 Å². The fourth-order valence-corrected chi connectivity index (χ4v) is 3.79. The average Bonchev–Trinajstić information content (AvgIpc) is 3.52. The van der Waals surface area contributed by atoms with Crippen molar-refractivity contribution in [3.63, 3.8) is 0 Å². The number of nitrogens with zero attached hydrogens (tertiary/aromatic N) is 2. The van der Waals surface area contributed by atoms with Crippen molar-refractivity contribution in [1.29, 1.82) is 0 Å². The van der Waals surface area contributed by atoms with E-state index >= 15 is 0 Å². The summed E-state index contributed by atoms with van der Waals surface area (Å²) in [5.74, 6) is -0.350. The van der Waals surface area contributed by atoms with Gasteiger partial charge in [-0.1, -0.05) is 60.7 Å². The fourth-order valence-electron chi connectivity index (χ4n) is 3.79. The molecular weight excluding hydrogens is 366 g/mol. The molecule has 144 valence electrons. The number of amides is 1. The molecule has 0 aromatic heterocycles. The predicted molar refractivity (Wildman–Crippen MR) is 111 cm³/mol. The van der Waals surface area contributed by atoms with E-state index in [-0.39, 0.29) is 22.9 Å². The second-order valence-corrected chi connectivity index (χ2v) is 7.04. The first-order valence-corrected chi connectivity index (χ1v) is 9.30. The highest BCUT2D eigenvalue weighted by molar-refractivity contribution is 5.87. The molecule has 3 aromatic carbocycles. The zero-order valence-electron chi connectivity index (χ0n) is 15.6. The molecule has 1 N–H and O–H groups in total. The fraction of sp³-hybridized carbons (Fsp3) is 0.130. The first kappa shape index (κ1) is 18.6. The zero-order chi connectivity index (χ0) is 20.3. The summed E-state index contributed by atoms with van der Waals surface area (Å²) in [5, 5.41) is 14.7. The van der Waals surface area contributed by atoms with E-state index in [1.807, 2.05) is 36.4 Å². The van der Waals surface area contributed by atoms with Gasteiger partial charge in [-0.05, 0) is 35.2 Å². The molecule has 0 radical (unpaired) electrons. The summed E-state index contributed by atoms with van der Waals surface area (Å²) >= 11 is 0. The Bertz CT molecular complexity index is 1010. The number of carbonyl (C=O) groups excluding carboxylic acids is 1. The number of rotatable bonds is 6. The number of nitro groups is 1. The summed E-state index contributed by atoms with van der Waals surface area (Å²) in [7, 11) is 0. The third kappa shape index (κ3) is 3.65. The molecule has 1 amide bonds. The first-order valence-electron chi connectivity index (χ1n) is 9.30. The normalized spacial score (nSPS) is 17.0. The molecular formula is C23H19N3O3. The highest BCUT2D eigenvalue weighted by Gasteiger charge is 2.60. The van der Waals surface area contributed by atoms with Crippen LogP contribution in [0, 0.1) is 16.0 Å². The molecule has 0 bridgehead atoms. The molecule has 0 spiro atoms. The van der Waals surface area contributed by atoms with Crippen LogP contribution < -0.4 is 5.43 Å². The van der Waals surface area contributed by atoms with Gasteiger partial charge in [0.2, 0.25) is 5.91 Å². The monoisotopic (exact) mass is 385 g/mol. The van der Waals surface area contributed by atoms with Crippen LogP contribution in [0.1, 0.15) is 23.1 Å². The molecule has 3 aromatic rings. The number of hydrogen-bond donors (Lipinski definition) is 1. The molecule has 0 heterocycles. The van der Waals surface area contributed by atoms with E-state index in [0.717, 1.165) is 17.5 Å². The Hall–Kier alpha value is -3.80. The quantitative estimate of drug-likeness (QED) is 0.395. The Balaban J connectivity index is 1.49. The van der Waals surface area contributed by atoms with Gasteiger partial charge >= 0.3 is 0 Å². The van der Waals surface area contributed by atoms with Gasteiger partial charge in [0.25, 0.3) is 5.69 Å². The van der Waals surface area contributed by atoms with Crippen molar-refractivity contribution < 1.29 is 9.72 Å². The SMILES string of the molecule is O=C(N/N=C\c1ccc([N+](=O)[O-])cc1)[C@H]1CC1(c1ccccc1)c1ccccc1. The van der Waals surface area contributed by atoms with Crippen molar-refractivity contribution in [3.8, 4) is 0 Å². The Labute approximate surface area is 168 Å². The van der Waals surface area contributed by atoms with Gasteiger partial charge < -0.3 is 0 Å². The van der Waals surface area contributed by atoms with E-state index in [9.17, 15) is 14.9 Å². The molecule has 0 unspecified atom stereocenters. The number of hydrogen-bond acceptors (Lipinski definition) is 4. The van der Waals surface area contributed by atoms with Crippen molar-refractivity contribution in [2.75, 3.05) is 0 Å². The second kappa shape index (κ2) is 7.67. The van der Waals surface area contributed by atoms with Crippen molar-refractivity contribution >= 4 is 17.8 Å². The number of benzene rings is 3. The predicted octanol–water partition coefficient (Wildman–Crippen LogP) is 4.05. The maximum absolute atomic E-state index is 12.8. The molecule has 6 nitrogen and oxygen atoms in total. The van der Waals surface area contributed by atoms with E-state index in [1.54, 1.807) is 12.1 Å². The van der Waals surface area contributed by atoms with Crippen LogP contribution in [0.2, 0.25) is 0 Å². The van der Waals surface area contributed by atoms with Crippen LogP contribution in [-0.4, -0.2) is 17.0 Å². The van der Waals surface area contributed by atoms with Crippen LogP contribution >= 0.6 is 0 Å². The molecule has 1 saturated carbocycles. The summed E-state index contributed by atoms with van der Waals surface area (Å²) < 4.78 is 0. The van der Waals surface area contributed by atoms with Crippen molar-refractivity contribution in [3.05, 3.63) is 112 Å². The Morgan fingerprint density at radius 1 is 0.966 bits per heavy atom. The topological polar surface area (TPSA) is 84.6 Å². The maximum atomic E-state index is 12.8. The largest absolute Gasteiger partial charge is 0.273 e. The highest BCUT2D eigenvalue weighted by atomic mass is 16.6. The van der Waals surface area contributed by atoms with Gasteiger partial charge in [0.15, 0.2) is 0 Å². The molecule has 1 aliphatic rings. The molecule has 6 heteroatoms. The second-order valence-electron chi connectivity index (χ2n) is 7.04. The van der Waals surface area contributed by atoms with Gasteiger partial charge in [0, 0.05) is 17.5 Å². The minimum Gasteiger partial charge on any atom is -0.273 e. The lowest BCUT2D eigenvalue weighted by molar-refractivity contribution is -0.384. The van der Waals surface area contributed by atoms with Crippen molar-refractivity contribution in [1.82, 2.24) is 5.43 Å². The smallest absolute Gasteiger partial charge is 0.269 e. The molecule has 1 fully saturated rings. The summed E-state index contributed by atoms with van der Waals surface area (Å²) in [4.78, 5) is 23.0. The summed E-state index contributed by atoms with van der Waals surface area (Å²) in [6.45, 7) is 0. The Kier molecular flexibility index (Phi) is 4.91. The number of hydrazone groups is 1. The lowest BCUT2D eigenvalue weighted by Crippen LogP contribution is -2.25. The average molecular weight is 385 g/mol. The minimum absolute atomic E-state index is 0.0136. The Morgan fingerprint density at radius 3 is 2.03 bits per heavy atom. The van der Waals surface area contributed by atoms with Gasteiger partial charge in [-0.3, -0.25) is 14.9 Å². The van der Waals surface area contributed by atoms with E-state index in [1.165, 1.54) is 18.3 Å². The van der Waals surface area contributed by atoms with Gasteiger partial charge in [-0.2, -0.15) is 5.10 Å². The van der Waals surface area contributed by atoms with Gasteiger partial charge in [0.1, 0.15) is 0 Å². The van der Waals surface area contributed by atoms with Crippen LogP contribution in [-0.2, 0) is 10.2 Å². The molecule has 4 rings (SSSR count). The van der Waals surface area contributed by atoms with Gasteiger partial charge in [-0.25, -0.2) is 5.43 Å². The number of carbonyl (C=O) groups is 1. The maximum Gasteiger partial charge on any atom is 0.269 e. The summed E-state index contributed by atoms with van der Waals surface area (Å²) in [5.41, 5.74) is 5.20. The molecule has 29 heavy (non-hydrogen) atoms. The van der Waals surface area contributed by atoms with E-state index in [0.29, 0.717) is 5.56 Å². The van der Waals surface area contributed by atoms with Crippen LogP contribution in [0.3, 0.4) is 0 Å². The first-order chi connectivity index (χ1) is 14.1. The standard InChI is InChI=1S/C23H19N3O3/c27-22(25-24-16-17-11-13-20(14-12-17)26(28)29)21-15-23(21,18-7-3-1-4-8-18)19-9-5-2-6-10-19/h1-14,16,21H,15H2,(H,25,27)/b24-16-/t21-/m1/s1. The third-order valence-corrected chi connectivity index (χ3v) is 5.35. The van der Waals surface area contributed by atoms with Crippen LogP contribution in [0.25, 0.3) is 0 Å². The molecule has 1 aliphatic carbocycles. The lowest BCUT2D eigenvalue weighted by atomic mass is 9.85. The summed E-state index contributed by atoms with van der Waals surface area (Å²) in [6.07, 6.45) is 2.20. The minimum atomic E-state index is -0.456. The summed E-state index contributed by atoms with van der Waals surface area (Å²) in [6, 6.07) is 26.1. The van der Waals surface area contributed by atoms with E-state index in [4.69, 9.17) is 0 Å². The number of nitrogens with one attached hydrogen (secondary N) is 1. The molecule has 1 atom stereocenters. The van der Waals surface area contributed by atoms with Gasteiger partial charge in [0.05, 0.1) is 17.1 Å². The zero-order valence-corrected chi connectivity index (χ0v) is 15.6. The van der Waals surface area contributed by atoms with Crippen LogP contribution in [0.5, 0.6) is 0 Å². The van der Waals surface area contributed by atoms with Crippen molar-refractivity contribution in [2.45, 2.75) is 11.8 Å². The Morgan fingerprint density at radius 2 is 1.52 bits per heavy atom. The lowest BCUT2D eigenvalue weighted by Gasteiger charge is -2.18. The van der Waals surface area contributed by atoms with E-state index in [2.05, 4.69) is 34.8 Å². The van der Waals surface area contributed by atoms with Crippen LogP contribution in [0.4, 0.5) is 5.69 Å². The van der Waals surface area contributed by atoms with Crippen LogP contribution in [0.15, 0.2) is 90.0 Å². The number of nitro benzene ring substituents is 1. The highest BCUT2D eigenvalue weighted by Crippen LogP contribution is 2.58. The van der Waals surface area contributed by atoms with Gasteiger partial charge in [-0.15, -0.1) is 0 Å².